The number of nitrogens with one attached hydrogen (secondary N) is 1. The zero-order chi connectivity index (χ0) is 19.9. The van der Waals surface area contributed by atoms with Crippen LogP contribution in [-0.4, -0.2) is 31.6 Å². The molecule has 0 aliphatic carbocycles. The van der Waals surface area contributed by atoms with Gasteiger partial charge in [-0.25, -0.2) is 0 Å². The van der Waals surface area contributed by atoms with E-state index in [1.165, 1.54) is 0 Å². The van der Waals surface area contributed by atoms with Gasteiger partial charge in [0.25, 0.3) is 5.91 Å². The van der Waals surface area contributed by atoms with E-state index < -0.39 is 0 Å². The molecule has 1 aliphatic rings. The van der Waals surface area contributed by atoms with Gasteiger partial charge < -0.3 is 19.7 Å². The first-order chi connectivity index (χ1) is 13.6. The average Bonchev–Trinajstić information content (AvgIpc) is 2.70. The van der Waals surface area contributed by atoms with Crippen molar-refractivity contribution in [2.75, 3.05) is 30.0 Å². The number of anilines is 2. The molecule has 6 heteroatoms. The highest BCUT2D eigenvalue weighted by molar-refractivity contribution is 6.05. The van der Waals surface area contributed by atoms with Crippen molar-refractivity contribution in [2.45, 2.75) is 33.1 Å². The van der Waals surface area contributed by atoms with Gasteiger partial charge in [-0.05, 0) is 63.1 Å². The standard InChI is InChI=1S/C22H26N2O4/c1-3-27-19-12-11-16(14-20(19)28-4-2)22(26)23-17-8-7-9-18(15-17)24-13-6-5-10-21(24)25/h7-9,11-12,14-15H,3-6,10,13H2,1-2H3,(H,23,26). The lowest BCUT2D eigenvalue weighted by molar-refractivity contribution is -0.119. The lowest BCUT2D eigenvalue weighted by Crippen LogP contribution is -2.35. The molecule has 0 radical (unpaired) electrons. The first-order valence-electron chi connectivity index (χ1n) is 9.73. The van der Waals surface area contributed by atoms with Crippen LogP contribution in [0, 0.1) is 0 Å². The van der Waals surface area contributed by atoms with E-state index in [4.69, 9.17) is 9.47 Å². The molecular weight excluding hydrogens is 356 g/mol. The van der Waals surface area contributed by atoms with Crippen molar-refractivity contribution in [3.63, 3.8) is 0 Å². The van der Waals surface area contributed by atoms with Crippen LogP contribution in [0.1, 0.15) is 43.5 Å². The Hall–Kier alpha value is -3.02. The summed E-state index contributed by atoms with van der Waals surface area (Å²) in [5.74, 6) is 1.05. The van der Waals surface area contributed by atoms with Gasteiger partial charge in [-0.3, -0.25) is 9.59 Å². The summed E-state index contributed by atoms with van der Waals surface area (Å²) in [5, 5.41) is 2.90. The molecular formula is C22H26N2O4. The Morgan fingerprint density at radius 2 is 1.82 bits per heavy atom. The number of piperidine rings is 1. The molecule has 1 N–H and O–H groups in total. The molecule has 28 heavy (non-hydrogen) atoms. The zero-order valence-electron chi connectivity index (χ0n) is 16.4. The third kappa shape index (κ3) is 4.63. The highest BCUT2D eigenvalue weighted by Crippen LogP contribution is 2.29. The molecule has 1 heterocycles. The van der Waals surface area contributed by atoms with E-state index in [-0.39, 0.29) is 11.8 Å². The fraction of sp³-hybridized carbons (Fsp3) is 0.364. The van der Waals surface area contributed by atoms with E-state index in [1.807, 2.05) is 38.1 Å². The molecule has 1 fully saturated rings. The van der Waals surface area contributed by atoms with Crippen LogP contribution >= 0.6 is 0 Å². The predicted octanol–water partition coefficient (Wildman–Crippen LogP) is 4.25. The highest BCUT2D eigenvalue weighted by Gasteiger charge is 2.20. The monoisotopic (exact) mass is 382 g/mol. The summed E-state index contributed by atoms with van der Waals surface area (Å²) in [6.07, 6.45) is 2.50. The molecule has 0 aromatic heterocycles. The number of carbonyl (C=O) groups is 2. The van der Waals surface area contributed by atoms with Gasteiger partial charge in [0.1, 0.15) is 0 Å². The Balaban J connectivity index is 1.76. The van der Waals surface area contributed by atoms with Crippen LogP contribution in [0.2, 0.25) is 0 Å². The van der Waals surface area contributed by atoms with Crippen molar-refractivity contribution in [3.8, 4) is 11.5 Å². The smallest absolute Gasteiger partial charge is 0.255 e. The third-order valence-electron chi connectivity index (χ3n) is 4.54. The molecule has 3 rings (SSSR count). The minimum atomic E-state index is -0.244. The lowest BCUT2D eigenvalue weighted by Gasteiger charge is -2.27. The van der Waals surface area contributed by atoms with Gasteiger partial charge in [0.15, 0.2) is 11.5 Å². The fourth-order valence-electron chi connectivity index (χ4n) is 3.23. The van der Waals surface area contributed by atoms with Crippen LogP contribution in [0.15, 0.2) is 42.5 Å². The second kappa shape index (κ2) is 9.26. The quantitative estimate of drug-likeness (QED) is 0.777. The first-order valence-corrected chi connectivity index (χ1v) is 9.73. The van der Waals surface area contributed by atoms with Crippen molar-refractivity contribution in [2.24, 2.45) is 0 Å². The molecule has 148 valence electrons. The first kappa shape index (κ1) is 19.7. The van der Waals surface area contributed by atoms with E-state index in [1.54, 1.807) is 23.1 Å². The maximum Gasteiger partial charge on any atom is 0.255 e. The zero-order valence-corrected chi connectivity index (χ0v) is 16.4. The van der Waals surface area contributed by atoms with E-state index in [0.29, 0.717) is 48.9 Å². The van der Waals surface area contributed by atoms with Gasteiger partial charge in [0.2, 0.25) is 5.91 Å². The largest absolute Gasteiger partial charge is 0.490 e. The second-order valence-corrected chi connectivity index (χ2v) is 6.53. The number of hydrogen-bond donors (Lipinski definition) is 1. The molecule has 0 bridgehead atoms. The highest BCUT2D eigenvalue weighted by atomic mass is 16.5. The van der Waals surface area contributed by atoms with Crippen molar-refractivity contribution in [1.29, 1.82) is 0 Å². The summed E-state index contributed by atoms with van der Waals surface area (Å²) in [5.41, 5.74) is 1.93. The van der Waals surface area contributed by atoms with Crippen molar-refractivity contribution < 1.29 is 19.1 Å². The van der Waals surface area contributed by atoms with Crippen LogP contribution in [0.25, 0.3) is 0 Å². The number of rotatable bonds is 7. The Kier molecular flexibility index (Phi) is 6.53. The van der Waals surface area contributed by atoms with Crippen LogP contribution in [-0.2, 0) is 4.79 Å². The maximum atomic E-state index is 12.7. The minimum Gasteiger partial charge on any atom is -0.490 e. The molecule has 0 saturated carbocycles. The van der Waals surface area contributed by atoms with Crippen LogP contribution < -0.4 is 19.7 Å². The minimum absolute atomic E-state index is 0.127. The average molecular weight is 382 g/mol. The van der Waals surface area contributed by atoms with Crippen LogP contribution in [0.3, 0.4) is 0 Å². The van der Waals surface area contributed by atoms with E-state index >= 15 is 0 Å². The summed E-state index contributed by atoms with van der Waals surface area (Å²) in [7, 11) is 0. The lowest BCUT2D eigenvalue weighted by atomic mass is 10.1. The van der Waals surface area contributed by atoms with E-state index in [9.17, 15) is 9.59 Å². The number of ether oxygens (including phenoxy) is 2. The predicted molar refractivity (Wildman–Crippen MR) is 109 cm³/mol. The van der Waals surface area contributed by atoms with Gasteiger partial charge in [0.05, 0.1) is 13.2 Å². The Bertz CT molecular complexity index is 850. The van der Waals surface area contributed by atoms with E-state index in [0.717, 1.165) is 18.5 Å². The SMILES string of the molecule is CCOc1ccc(C(=O)Nc2cccc(N3CCCCC3=O)c2)cc1OCC. The summed E-state index contributed by atoms with van der Waals surface area (Å²) < 4.78 is 11.1. The molecule has 1 aliphatic heterocycles. The Labute approximate surface area is 165 Å². The normalized spacial score (nSPS) is 13.9. The summed E-state index contributed by atoms with van der Waals surface area (Å²) in [4.78, 5) is 26.6. The number of benzene rings is 2. The van der Waals surface area contributed by atoms with Crippen LogP contribution in [0.4, 0.5) is 11.4 Å². The summed E-state index contributed by atoms with van der Waals surface area (Å²) in [6, 6.07) is 12.5. The van der Waals surface area contributed by atoms with Gasteiger partial charge in [-0.2, -0.15) is 0 Å². The molecule has 6 nitrogen and oxygen atoms in total. The topological polar surface area (TPSA) is 67.9 Å². The number of nitrogens with zero attached hydrogens (tertiary/aromatic N) is 1. The van der Waals surface area contributed by atoms with Gasteiger partial charge in [0, 0.05) is 29.9 Å². The third-order valence-corrected chi connectivity index (χ3v) is 4.54. The molecule has 2 aromatic rings. The number of carbonyl (C=O) groups excluding carboxylic acids is 2. The number of amides is 2. The van der Waals surface area contributed by atoms with E-state index in [2.05, 4.69) is 5.32 Å². The maximum absolute atomic E-state index is 12.7. The Morgan fingerprint density at radius 3 is 2.57 bits per heavy atom. The Morgan fingerprint density at radius 1 is 1.04 bits per heavy atom. The molecule has 0 spiro atoms. The van der Waals surface area contributed by atoms with Crippen molar-refractivity contribution in [1.82, 2.24) is 0 Å². The molecule has 0 unspecified atom stereocenters. The van der Waals surface area contributed by atoms with Gasteiger partial charge in [-0.1, -0.05) is 6.07 Å². The fourth-order valence-corrected chi connectivity index (χ4v) is 3.23. The number of hydrogen-bond acceptors (Lipinski definition) is 4. The molecule has 1 saturated heterocycles. The molecule has 2 amide bonds. The summed E-state index contributed by atoms with van der Waals surface area (Å²) >= 11 is 0. The second-order valence-electron chi connectivity index (χ2n) is 6.53. The van der Waals surface area contributed by atoms with Gasteiger partial charge >= 0.3 is 0 Å². The van der Waals surface area contributed by atoms with Crippen molar-refractivity contribution in [3.05, 3.63) is 48.0 Å². The van der Waals surface area contributed by atoms with Gasteiger partial charge in [-0.15, -0.1) is 0 Å². The van der Waals surface area contributed by atoms with Crippen molar-refractivity contribution >= 4 is 23.2 Å². The summed E-state index contributed by atoms with van der Waals surface area (Å²) in [6.45, 7) is 5.50. The molecule has 2 aromatic carbocycles. The molecule has 0 atom stereocenters. The van der Waals surface area contributed by atoms with Crippen LogP contribution in [0.5, 0.6) is 11.5 Å².